The minimum absolute atomic E-state index is 0.0125. The van der Waals surface area contributed by atoms with Crippen molar-refractivity contribution in [1.82, 2.24) is 20.4 Å². The first-order valence-corrected chi connectivity index (χ1v) is 8.37. The lowest BCUT2D eigenvalue weighted by Crippen LogP contribution is -2.55. The fourth-order valence-electron chi connectivity index (χ4n) is 2.70. The van der Waals surface area contributed by atoms with Gasteiger partial charge in [0.1, 0.15) is 6.04 Å². The molecule has 1 atom stereocenters. The second-order valence-corrected chi connectivity index (χ2v) is 6.06. The van der Waals surface area contributed by atoms with Crippen molar-refractivity contribution >= 4 is 23.6 Å². The Balaban J connectivity index is 2.48. The van der Waals surface area contributed by atoms with Gasteiger partial charge in [0.05, 0.1) is 0 Å². The van der Waals surface area contributed by atoms with Crippen LogP contribution in [0.3, 0.4) is 0 Å². The largest absolute Gasteiger partial charge is 0.356 e. The zero-order valence-electron chi connectivity index (χ0n) is 14.8. The smallest absolute Gasteiger partial charge is 0.245 e. The molecule has 0 bridgehead atoms. The molecule has 8 nitrogen and oxygen atoms in total. The number of carbonyl (C=O) groups is 4. The molecule has 0 spiro atoms. The van der Waals surface area contributed by atoms with Crippen LogP contribution in [0.4, 0.5) is 0 Å². The van der Waals surface area contributed by atoms with E-state index in [2.05, 4.69) is 10.6 Å². The highest BCUT2D eigenvalue weighted by molar-refractivity contribution is 5.87. The molecule has 1 heterocycles. The maximum Gasteiger partial charge on any atom is 0.245 e. The Morgan fingerprint density at radius 2 is 1.46 bits per heavy atom. The number of carbonyl (C=O) groups excluding carboxylic acids is 4. The minimum atomic E-state index is -0.552. The summed E-state index contributed by atoms with van der Waals surface area (Å²) < 4.78 is 0. The number of unbranched alkanes of at least 4 members (excludes halogenated alkanes) is 1. The van der Waals surface area contributed by atoms with Crippen molar-refractivity contribution in [2.75, 3.05) is 32.7 Å². The number of nitrogens with zero attached hydrogens (tertiary/aromatic N) is 2. The van der Waals surface area contributed by atoms with Gasteiger partial charge < -0.3 is 20.4 Å². The number of hydrogen-bond donors (Lipinski definition) is 2. The average Bonchev–Trinajstić information content (AvgIpc) is 2.52. The number of hydrogen-bond acceptors (Lipinski definition) is 4. The third-order valence-electron chi connectivity index (χ3n) is 4.01. The molecule has 1 rings (SSSR count). The first-order valence-electron chi connectivity index (χ1n) is 8.37. The van der Waals surface area contributed by atoms with Gasteiger partial charge in [-0.05, 0) is 19.3 Å². The SMILES string of the molecule is CC(=O)NCCCCC(NC(C)=O)C(=O)N1CCN(C(C)=O)CC1. The second-order valence-electron chi connectivity index (χ2n) is 6.06. The van der Waals surface area contributed by atoms with Crippen LogP contribution >= 0.6 is 0 Å². The normalized spacial score (nSPS) is 15.6. The highest BCUT2D eigenvalue weighted by Gasteiger charge is 2.28. The van der Waals surface area contributed by atoms with Crippen LogP contribution in [0.5, 0.6) is 0 Å². The molecule has 24 heavy (non-hydrogen) atoms. The van der Waals surface area contributed by atoms with Gasteiger partial charge in [-0.15, -0.1) is 0 Å². The van der Waals surface area contributed by atoms with Gasteiger partial charge in [0.15, 0.2) is 0 Å². The van der Waals surface area contributed by atoms with E-state index in [4.69, 9.17) is 0 Å². The predicted molar refractivity (Wildman–Crippen MR) is 89.0 cm³/mol. The quantitative estimate of drug-likeness (QED) is 0.610. The molecule has 1 saturated heterocycles. The number of nitrogens with one attached hydrogen (secondary N) is 2. The fourth-order valence-corrected chi connectivity index (χ4v) is 2.70. The molecular weight excluding hydrogens is 312 g/mol. The maximum atomic E-state index is 12.6. The fraction of sp³-hybridized carbons (Fsp3) is 0.750. The highest BCUT2D eigenvalue weighted by atomic mass is 16.2. The minimum Gasteiger partial charge on any atom is -0.356 e. The first kappa shape index (κ1) is 19.9. The Hall–Kier alpha value is -2.12. The van der Waals surface area contributed by atoms with Crippen LogP contribution in [0, 0.1) is 0 Å². The molecule has 4 amide bonds. The molecule has 2 N–H and O–H groups in total. The Morgan fingerprint density at radius 1 is 0.875 bits per heavy atom. The molecule has 1 aliphatic rings. The summed E-state index contributed by atoms with van der Waals surface area (Å²) in [6.07, 6.45) is 2.01. The lowest BCUT2D eigenvalue weighted by Gasteiger charge is -2.36. The summed E-state index contributed by atoms with van der Waals surface area (Å²) in [5, 5.41) is 5.42. The van der Waals surface area contributed by atoms with Gasteiger partial charge >= 0.3 is 0 Å². The van der Waals surface area contributed by atoms with Gasteiger partial charge in [-0.1, -0.05) is 0 Å². The van der Waals surface area contributed by atoms with Crippen LogP contribution in [0.15, 0.2) is 0 Å². The van der Waals surface area contributed by atoms with Crippen molar-refractivity contribution in [3.05, 3.63) is 0 Å². The van der Waals surface area contributed by atoms with E-state index in [0.717, 1.165) is 12.8 Å². The van der Waals surface area contributed by atoms with Crippen molar-refractivity contribution in [1.29, 1.82) is 0 Å². The second kappa shape index (κ2) is 9.89. The summed E-state index contributed by atoms with van der Waals surface area (Å²) in [6.45, 7) is 6.96. The molecule has 0 aromatic carbocycles. The van der Waals surface area contributed by atoms with Crippen molar-refractivity contribution in [2.45, 2.75) is 46.1 Å². The first-order chi connectivity index (χ1) is 11.3. The number of piperazine rings is 1. The molecule has 0 saturated carbocycles. The van der Waals surface area contributed by atoms with Crippen LogP contribution in [-0.4, -0.2) is 72.2 Å². The van der Waals surface area contributed by atoms with Gasteiger partial charge in [-0.3, -0.25) is 19.2 Å². The zero-order valence-corrected chi connectivity index (χ0v) is 14.8. The Morgan fingerprint density at radius 3 is 1.96 bits per heavy atom. The molecule has 136 valence electrons. The Bertz CT molecular complexity index is 473. The standard InChI is InChI=1S/C16H28N4O4/c1-12(21)17-7-5-4-6-15(18-13(2)22)16(24)20-10-8-19(9-11-20)14(3)23/h15H,4-11H2,1-3H3,(H,17,21)(H,18,22). The molecule has 1 unspecified atom stereocenters. The molecular formula is C16H28N4O4. The van der Waals surface area contributed by atoms with E-state index < -0.39 is 6.04 Å². The summed E-state index contributed by atoms with van der Waals surface area (Å²) in [4.78, 5) is 49.6. The van der Waals surface area contributed by atoms with Gasteiger partial charge in [-0.25, -0.2) is 0 Å². The Kier molecular flexibility index (Phi) is 8.21. The van der Waals surface area contributed by atoms with Crippen LogP contribution in [0.1, 0.15) is 40.0 Å². The van der Waals surface area contributed by atoms with E-state index in [1.165, 1.54) is 20.8 Å². The monoisotopic (exact) mass is 340 g/mol. The van der Waals surface area contributed by atoms with E-state index in [9.17, 15) is 19.2 Å². The molecule has 0 aliphatic carbocycles. The zero-order chi connectivity index (χ0) is 18.1. The predicted octanol–water partition coefficient (Wildman–Crippen LogP) is -0.512. The van der Waals surface area contributed by atoms with Gasteiger partial charge in [0, 0.05) is 53.5 Å². The maximum absolute atomic E-state index is 12.6. The highest BCUT2D eigenvalue weighted by Crippen LogP contribution is 2.09. The van der Waals surface area contributed by atoms with Crippen LogP contribution < -0.4 is 10.6 Å². The van der Waals surface area contributed by atoms with E-state index >= 15 is 0 Å². The van der Waals surface area contributed by atoms with Crippen molar-refractivity contribution in [3.8, 4) is 0 Å². The summed E-state index contributed by atoms with van der Waals surface area (Å²) in [7, 11) is 0. The topological polar surface area (TPSA) is 98.8 Å². The third kappa shape index (κ3) is 6.97. The molecule has 1 fully saturated rings. The van der Waals surface area contributed by atoms with Crippen LogP contribution in [-0.2, 0) is 19.2 Å². The number of amides is 4. The van der Waals surface area contributed by atoms with E-state index in [0.29, 0.717) is 39.1 Å². The lowest BCUT2D eigenvalue weighted by atomic mass is 10.1. The van der Waals surface area contributed by atoms with Gasteiger partial charge in [-0.2, -0.15) is 0 Å². The van der Waals surface area contributed by atoms with E-state index in [1.54, 1.807) is 9.80 Å². The molecule has 0 aromatic rings. The van der Waals surface area contributed by atoms with Crippen LogP contribution in [0.2, 0.25) is 0 Å². The molecule has 8 heteroatoms. The third-order valence-corrected chi connectivity index (χ3v) is 4.01. The lowest BCUT2D eigenvalue weighted by molar-refractivity contribution is -0.141. The summed E-state index contributed by atoms with van der Waals surface area (Å²) in [5.74, 6) is -0.406. The summed E-state index contributed by atoms with van der Waals surface area (Å²) in [5.41, 5.74) is 0. The molecule has 0 radical (unpaired) electrons. The molecule has 0 aromatic heterocycles. The van der Waals surface area contributed by atoms with E-state index in [-0.39, 0.29) is 23.6 Å². The summed E-state index contributed by atoms with van der Waals surface area (Å²) >= 11 is 0. The average molecular weight is 340 g/mol. The van der Waals surface area contributed by atoms with Crippen molar-refractivity contribution < 1.29 is 19.2 Å². The molecule has 1 aliphatic heterocycles. The van der Waals surface area contributed by atoms with Crippen molar-refractivity contribution in [3.63, 3.8) is 0 Å². The van der Waals surface area contributed by atoms with Gasteiger partial charge in [0.25, 0.3) is 0 Å². The van der Waals surface area contributed by atoms with Crippen LogP contribution in [0.25, 0.3) is 0 Å². The Labute approximate surface area is 142 Å². The summed E-state index contributed by atoms with van der Waals surface area (Å²) in [6, 6.07) is -0.552. The van der Waals surface area contributed by atoms with Gasteiger partial charge in [0.2, 0.25) is 23.6 Å². The number of rotatable bonds is 7. The van der Waals surface area contributed by atoms with E-state index in [1.807, 2.05) is 0 Å². The van der Waals surface area contributed by atoms with Crippen molar-refractivity contribution in [2.24, 2.45) is 0 Å².